The van der Waals surface area contributed by atoms with E-state index in [4.69, 9.17) is 16.1 Å². The fraction of sp³-hybridized carbons (Fsp3) is 0.211. The molecule has 1 heterocycles. The van der Waals surface area contributed by atoms with E-state index >= 15 is 0 Å². The number of amides is 1. The minimum Gasteiger partial charge on any atom is -0.339 e. The van der Waals surface area contributed by atoms with Gasteiger partial charge in [0, 0.05) is 29.1 Å². The number of aryl methyl sites for hydroxylation is 1. The van der Waals surface area contributed by atoms with Crippen molar-refractivity contribution in [2.75, 3.05) is 16.3 Å². The summed E-state index contributed by atoms with van der Waals surface area (Å²) in [7, 11) is -3.64. The molecule has 0 spiro atoms. The van der Waals surface area contributed by atoms with Crippen molar-refractivity contribution in [3.63, 3.8) is 0 Å². The van der Waals surface area contributed by atoms with Crippen molar-refractivity contribution in [1.29, 1.82) is 0 Å². The summed E-state index contributed by atoms with van der Waals surface area (Å²) in [6, 6.07) is 10.6. The predicted octanol–water partition coefficient (Wildman–Crippen LogP) is 3.86. The normalized spacial score (nSPS) is 11.3. The summed E-state index contributed by atoms with van der Waals surface area (Å²) in [6.45, 7) is 0. The van der Waals surface area contributed by atoms with Gasteiger partial charge in [0.2, 0.25) is 27.6 Å². The van der Waals surface area contributed by atoms with Crippen LogP contribution < -0.4 is 10.0 Å². The van der Waals surface area contributed by atoms with Gasteiger partial charge in [-0.05, 0) is 48.9 Å². The maximum atomic E-state index is 13.7. The average molecular weight is 453 g/mol. The van der Waals surface area contributed by atoms with Crippen LogP contribution in [0.1, 0.15) is 18.7 Å². The van der Waals surface area contributed by atoms with Crippen LogP contribution in [0.5, 0.6) is 0 Å². The van der Waals surface area contributed by atoms with Crippen LogP contribution in [-0.4, -0.2) is 30.7 Å². The molecule has 0 radical (unpaired) electrons. The summed E-state index contributed by atoms with van der Waals surface area (Å²) in [5.41, 5.74) is 0.799. The van der Waals surface area contributed by atoms with Gasteiger partial charge in [-0.3, -0.25) is 9.52 Å². The average Bonchev–Trinajstić information content (AvgIpc) is 3.13. The summed E-state index contributed by atoms with van der Waals surface area (Å²) >= 11 is 5.85. The van der Waals surface area contributed by atoms with E-state index in [1.807, 2.05) is 0 Å². The third kappa shape index (κ3) is 6.26. The highest BCUT2D eigenvalue weighted by molar-refractivity contribution is 7.92. The first-order valence-electron chi connectivity index (χ1n) is 8.85. The zero-order chi connectivity index (χ0) is 21.7. The van der Waals surface area contributed by atoms with Gasteiger partial charge in [0.15, 0.2) is 0 Å². The lowest BCUT2D eigenvalue weighted by Crippen LogP contribution is -2.14. The molecule has 3 aromatic rings. The lowest BCUT2D eigenvalue weighted by Gasteiger charge is -2.09. The van der Waals surface area contributed by atoms with Crippen molar-refractivity contribution >= 4 is 38.9 Å². The van der Waals surface area contributed by atoms with Crippen molar-refractivity contribution in [2.24, 2.45) is 0 Å². The van der Waals surface area contributed by atoms with Crippen molar-refractivity contribution < 1.29 is 22.1 Å². The molecule has 0 aliphatic rings. The van der Waals surface area contributed by atoms with E-state index in [1.165, 1.54) is 12.1 Å². The molecule has 0 saturated carbocycles. The Labute approximate surface area is 177 Å². The number of sulfonamides is 1. The highest BCUT2D eigenvalue weighted by Crippen LogP contribution is 2.21. The summed E-state index contributed by atoms with van der Waals surface area (Å²) in [6.07, 6.45) is 1.92. The molecule has 158 valence electrons. The number of nitrogens with one attached hydrogen (secondary N) is 2. The second-order valence-corrected chi connectivity index (χ2v) is 8.67. The molecule has 3 rings (SSSR count). The molecule has 2 aromatic carbocycles. The van der Waals surface area contributed by atoms with Gasteiger partial charge in [-0.15, -0.1) is 0 Å². The molecule has 0 bridgehead atoms. The largest absolute Gasteiger partial charge is 0.339 e. The van der Waals surface area contributed by atoms with Crippen LogP contribution in [0.25, 0.3) is 11.4 Å². The van der Waals surface area contributed by atoms with E-state index in [0.717, 1.165) is 17.9 Å². The summed E-state index contributed by atoms with van der Waals surface area (Å²) in [4.78, 5) is 16.4. The summed E-state index contributed by atoms with van der Waals surface area (Å²) in [5, 5.41) is 7.11. The van der Waals surface area contributed by atoms with E-state index in [9.17, 15) is 17.6 Å². The van der Waals surface area contributed by atoms with Gasteiger partial charge in [-0.2, -0.15) is 4.98 Å². The number of hydrogen-bond acceptors (Lipinski definition) is 6. The van der Waals surface area contributed by atoms with E-state index in [1.54, 1.807) is 24.3 Å². The standard InChI is InChI=1S/C19H18ClFN4O4S/c1-30(27,28)25-16-11-14(9-10-15(16)21)22-17(26)3-2-4-18-23-19(24-29-18)12-5-7-13(20)8-6-12/h5-11,25H,2-4H2,1H3,(H,22,26). The van der Waals surface area contributed by atoms with Gasteiger partial charge in [-0.1, -0.05) is 16.8 Å². The van der Waals surface area contributed by atoms with E-state index in [0.29, 0.717) is 29.6 Å². The highest BCUT2D eigenvalue weighted by Gasteiger charge is 2.12. The quantitative estimate of drug-likeness (QED) is 0.536. The van der Waals surface area contributed by atoms with Gasteiger partial charge in [0.1, 0.15) is 5.82 Å². The van der Waals surface area contributed by atoms with Gasteiger partial charge < -0.3 is 9.84 Å². The van der Waals surface area contributed by atoms with Crippen molar-refractivity contribution in [1.82, 2.24) is 10.1 Å². The van der Waals surface area contributed by atoms with Gasteiger partial charge >= 0.3 is 0 Å². The number of anilines is 2. The number of benzene rings is 2. The summed E-state index contributed by atoms with van der Waals surface area (Å²) in [5.74, 6) is -0.229. The Morgan fingerprint density at radius 1 is 1.20 bits per heavy atom. The van der Waals surface area contributed by atoms with Crippen LogP contribution >= 0.6 is 11.6 Å². The first kappa shape index (κ1) is 21.7. The zero-order valence-corrected chi connectivity index (χ0v) is 17.4. The Balaban J connectivity index is 1.52. The van der Waals surface area contributed by atoms with Crippen LogP contribution in [0.15, 0.2) is 47.0 Å². The van der Waals surface area contributed by atoms with Crippen LogP contribution in [0.3, 0.4) is 0 Å². The lowest BCUT2D eigenvalue weighted by molar-refractivity contribution is -0.116. The smallest absolute Gasteiger partial charge is 0.229 e. The predicted molar refractivity (Wildman–Crippen MR) is 111 cm³/mol. The maximum absolute atomic E-state index is 13.7. The van der Waals surface area contributed by atoms with Crippen LogP contribution in [0.2, 0.25) is 5.02 Å². The first-order chi connectivity index (χ1) is 14.2. The van der Waals surface area contributed by atoms with E-state index < -0.39 is 15.8 Å². The molecule has 0 aliphatic heterocycles. The number of hydrogen-bond donors (Lipinski definition) is 2. The SMILES string of the molecule is CS(=O)(=O)Nc1cc(NC(=O)CCCc2nc(-c3ccc(Cl)cc3)no2)ccc1F. The number of carbonyl (C=O) groups excluding carboxylic acids is 1. The molecule has 8 nitrogen and oxygen atoms in total. The molecule has 1 aromatic heterocycles. The second-order valence-electron chi connectivity index (χ2n) is 6.49. The molecule has 0 saturated heterocycles. The topological polar surface area (TPSA) is 114 Å². The fourth-order valence-corrected chi connectivity index (χ4v) is 3.26. The Hall–Kier alpha value is -2.98. The molecule has 1 amide bonds. The molecule has 0 atom stereocenters. The monoisotopic (exact) mass is 452 g/mol. The Morgan fingerprint density at radius 2 is 1.93 bits per heavy atom. The number of carbonyl (C=O) groups is 1. The molecule has 0 aliphatic carbocycles. The lowest BCUT2D eigenvalue weighted by atomic mass is 10.2. The molecule has 11 heteroatoms. The minimum absolute atomic E-state index is 0.158. The van der Waals surface area contributed by atoms with Crippen LogP contribution in [0, 0.1) is 5.82 Å². The van der Waals surface area contributed by atoms with E-state index in [2.05, 4.69) is 20.2 Å². The highest BCUT2D eigenvalue weighted by atomic mass is 35.5. The molecule has 0 unspecified atom stereocenters. The summed E-state index contributed by atoms with van der Waals surface area (Å²) < 4.78 is 43.5. The molecular formula is C19H18ClFN4O4S. The molecule has 30 heavy (non-hydrogen) atoms. The number of halogens is 2. The first-order valence-corrected chi connectivity index (χ1v) is 11.1. The number of nitrogens with zero attached hydrogens (tertiary/aromatic N) is 2. The molecule has 0 fully saturated rings. The Morgan fingerprint density at radius 3 is 2.63 bits per heavy atom. The third-order valence-corrected chi connectivity index (χ3v) is 4.75. The maximum Gasteiger partial charge on any atom is 0.229 e. The van der Waals surface area contributed by atoms with Gasteiger partial charge in [0.05, 0.1) is 11.9 Å². The fourth-order valence-electron chi connectivity index (χ4n) is 2.58. The minimum atomic E-state index is -3.64. The number of aromatic nitrogens is 2. The van der Waals surface area contributed by atoms with Crippen LogP contribution in [0.4, 0.5) is 15.8 Å². The van der Waals surface area contributed by atoms with Gasteiger partial charge in [0.25, 0.3) is 0 Å². The van der Waals surface area contributed by atoms with Crippen molar-refractivity contribution in [3.8, 4) is 11.4 Å². The Kier molecular flexibility index (Phi) is 6.68. The van der Waals surface area contributed by atoms with Gasteiger partial charge in [-0.25, -0.2) is 12.8 Å². The second kappa shape index (κ2) is 9.23. The number of rotatable bonds is 8. The van der Waals surface area contributed by atoms with E-state index in [-0.39, 0.29) is 23.7 Å². The Bertz CT molecular complexity index is 1150. The zero-order valence-electron chi connectivity index (χ0n) is 15.9. The van der Waals surface area contributed by atoms with Crippen molar-refractivity contribution in [2.45, 2.75) is 19.3 Å². The molecule has 2 N–H and O–H groups in total. The van der Waals surface area contributed by atoms with Crippen LogP contribution in [-0.2, 0) is 21.2 Å². The van der Waals surface area contributed by atoms with Crippen molar-refractivity contribution in [3.05, 3.63) is 59.2 Å². The third-order valence-electron chi connectivity index (χ3n) is 3.91. The molecular weight excluding hydrogens is 435 g/mol.